The molecule has 0 saturated heterocycles. The fraction of sp³-hybridized carbons (Fsp3) is 0.930. The maximum atomic E-state index is 12.6. The van der Waals surface area contributed by atoms with E-state index in [2.05, 4.69) is 79.9 Å². The molecule has 0 aliphatic carbocycles. The summed E-state index contributed by atoms with van der Waals surface area (Å²) in [6, 6.07) is 0. The average molecular weight is 958 g/mol. The van der Waals surface area contributed by atoms with Gasteiger partial charge in [0.25, 0.3) is 0 Å². The van der Waals surface area contributed by atoms with Crippen LogP contribution in [0, 0.1) is 0 Å². The standard InChI is InChI=1S/C43H92N10O5S4/c1-44-21-14-29-50(3)27-12-13-28-51(4)31-17-26-49-58-34-37-62-61-36-20-42(55)47-25-16-30-52(5)33-18-40(38-53(6)32-15-22-45-2)57-39-43(56)48-24-11-9-8-10-23-46-41(54)19-35-60-59-7/h40,44-45,49H,8-39H2,1-7H3,(H,46,54)(H,47,55)(H,48,56). The quantitative estimate of drug-likeness (QED) is 0.0297. The fourth-order valence-corrected chi connectivity index (χ4v) is 9.35. The lowest BCUT2D eigenvalue weighted by atomic mass is 10.2. The topological polar surface area (TPSA) is 155 Å². The summed E-state index contributed by atoms with van der Waals surface area (Å²) in [6.45, 7) is 13.6. The van der Waals surface area contributed by atoms with E-state index in [0.717, 1.165) is 134 Å². The van der Waals surface area contributed by atoms with Gasteiger partial charge >= 0.3 is 0 Å². The predicted molar refractivity (Wildman–Crippen MR) is 271 cm³/mol. The number of carbonyl (C=O) groups excluding carboxylic acids is 3. The molecule has 62 heavy (non-hydrogen) atoms. The highest BCUT2D eigenvalue weighted by Crippen LogP contribution is 2.21. The van der Waals surface area contributed by atoms with Gasteiger partial charge in [-0.3, -0.25) is 14.4 Å². The lowest BCUT2D eigenvalue weighted by Gasteiger charge is -2.26. The zero-order valence-electron chi connectivity index (χ0n) is 40.2. The van der Waals surface area contributed by atoms with Crippen molar-refractivity contribution in [2.45, 2.75) is 89.6 Å². The van der Waals surface area contributed by atoms with Gasteiger partial charge in [-0.05, 0) is 159 Å². The van der Waals surface area contributed by atoms with Crippen molar-refractivity contribution in [1.82, 2.24) is 51.7 Å². The van der Waals surface area contributed by atoms with Gasteiger partial charge in [0.05, 0.1) is 12.7 Å². The van der Waals surface area contributed by atoms with Crippen molar-refractivity contribution in [3.8, 4) is 0 Å². The van der Waals surface area contributed by atoms with Crippen molar-refractivity contribution in [1.29, 1.82) is 0 Å². The Labute approximate surface area is 394 Å². The number of hydrogen-bond acceptors (Lipinski definition) is 16. The van der Waals surface area contributed by atoms with Gasteiger partial charge in [0.15, 0.2) is 0 Å². The molecule has 6 N–H and O–H groups in total. The monoisotopic (exact) mass is 957 g/mol. The van der Waals surface area contributed by atoms with E-state index in [9.17, 15) is 14.4 Å². The summed E-state index contributed by atoms with van der Waals surface area (Å²) in [4.78, 5) is 51.8. The minimum absolute atomic E-state index is 0.0522. The molecular formula is C43H92N10O5S4. The Morgan fingerprint density at radius 3 is 1.56 bits per heavy atom. The van der Waals surface area contributed by atoms with Crippen LogP contribution < -0.4 is 32.1 Å². The number of nitrogens with zero attached hydrogens (tertiary/aromatic N) is 4. The SMILES string of the molecule is CNCCCN(C)CCCCN(C)CCCNOCCSSCCC(=O)NCCCN(C)CCC(CN(C)CCCNC)OCC(=O)NCCCCCCNC(=O)CCSSC. The highest BCUT2D eigenvalue weighted by molar-refractivity contribution is 8.76. The van der Waals surface area contributed by atoms with Crippen LogP contribution in [0.5, 0.6) is 0 Å². The van der Waals surface area contributed by atoms with Crippen LogP contribution in [-0.4, -0.2) is 214 Å². The Bertz CT molecular complexity index is 1040. The molecule has 1 atom stereocenters. The molecule has 0 radical (unpaired) electrons. The van der Waals surface area contributed by atoms with E-state index < -0.39 is 0 Å². The van der Waals surface area contributed by atoms with Crippen LogP contribution in [0.15, 0.2) is 0 Å². The van der Waals surface area contributed by atoms with Gasteiger partial charge < -0.3 is 55.8 Å². The van der Waals surface area contributed by atoms with Crippen LogP contribution >= 0.6 is 43.2 Å². The largest absolute Gasteiger partial charge is 0.367 e. The first-order chi connectivity index (χ1) is 30.1. The number of rotatable bonds is 48. The van der Waals surface area contributed by atoms with Gasteiger partial charge in [-0.15, -0.1) is 0 Å². The first-order valence-electron chi connectivity index (χ1n) is 23.3. The number of ether oxygens (including phenoxy) is 1. The Balaban J connectivity index is 4.01. The maximum absolute atomic E-state index is 12.6. The smallest absolute Gasteiger partial charge is 0.246 e. The Kier molecular flexibility index (Phi) is 46.5. The molecule has 3 amide bonds. The molecule has 0 aromatic rings. The van der Waals surface area contributed by atoms with E-state index in [1.165, 1.54) is 25.8 Å². The van der Waals surface area contributed by atoms with Crippen molar-refractivity contribution in [3.05, 3.63) is 0 Å². The molecule has 19 heteroatoms. The summed E-state index contributed by atoms with van der Waals surface area (Å²) >= 11 is 0. The molecule has 0 saturated carbocycles. The molecule has 1 unspecified atom stereocenters. The van der Waals surface area contributed by atoms with E-state index in [1.54, 1.807) is 43.2 Å². The zero-order chi connectivity index (χ0) is 45.7. The summed E-state index contributed by atoms with van der Waals surface area (Å²) in [5, 5.41) is 15.5. The maximum Gasteiger partial charge on any atom is 0.246 e. The molecule has 0 rings (SSSR count). The number of amides is 3. The normalized spacial score (nSPS) is 12.2. The van der Waals surface area contributed by atoms with Crippen LogP contribution in [0.3, 0.4) is 0 Å². The summed E-state index contributed by atoms with van der Waals surface area (Å²) in [6.07, 6.45) is 14.5. The minimum Gasteiger partial charge on any atom is -0.367 e. The van der Waals surface area contributed by atoms with Gasteiger partial charge in [-0.2, -0.15) is 0 Å². The number of hydroxylamine groups is 1. The summed E-state index contributed by atoms with van der Waals surface area (Å²) in [7, 11) is 19.5. The second-order valence-corrected chi connectivity index (χ2v) is 21.4. The Hall–Kier alpha value is -0.550. The van der Waals surface area contributed by atoms with Gasteiger partial charge in [0.1, 0.15) is 6.61 Å². The number of nitrogens with one attached hydrogen (secondary N) is 6. The third-order valence-corrected chi connectivity index (χ3v) is 14.2. The first kappa shape index (κ1) is 61.5. The van der Waals surface area contributed by atoms with Gasteiger partial charge in [-0.1, -0.05) is 56.0 Å². The van der Waals surface area contributed by atoms with E-state index >= 15 is 0 Å². The number of likely N-dealkylation sites (N-methyl/N-ethyl adjacent to an activating group) is 1. The highest BCUT2D eigenvalue weighted by atomic mass is 33.1. The zero-order valence-corrected chi connectivity index (χ0v) is 43.4. The molecule has 0 aliphatic rings. The first-order valence-corrected chi connectivity index (χ1v) is 28.5. The molecule has 15 nitrogen and oxygen atoms in total. The Morgan fingerprint density at radius 2 is 0.984 bits per heavy atom. The number of hydrogen-bond donors (Lipinski definition) is 6. The lowest BCUT2D eigenvalue weighted by molar-refractivity contribution is -0.128. The lowest BCUT2D eigenvalue weighted by Crippen LogP contribution is -2.38. The third kappa shape index (κ3) is 44.6. The van der Waals surface area contributed by atoms with Gasteiger partial charge in [0.2, 0.25) is 17.7 Å². The van der Waals surface area contributed by atoms with Crippen LogP contribution in [0.1, 0.15) is 83.5 Å². The van der Waals surface area contributed by atoms with Crippen molar-refractivity contribution >= 4 is 60.9 Å². The third-order valence-electron chi connectivity index (χ3n) is 10.1. The summed E-state index contributed by atoms with van der Waals surface area (Å²) < 4.78 is 6.16. The average Bonchev–Trinajstić information content (AvgIpc) is 3.25. The van der Waals surface area contributed by atoms with Crippen LogP contribution in [0.2, 0.25) is 0 Å². The van der Waals surface area contributed by atoms with Crippen molar-refractivity contribution in [3.63, 3.8) is 0 Å². The fourth-order valence-electron chi connectivity index (χ4n) is 6.35. The molecular weight excluding hydrogens is 865 g/mol. The van der Waals surface area contributed by atoms with Gasteiger partial charge in [-0.25, -0.2) is 5.48 Å². The van der Waals surface area contributed by atoms with Crippen LogP contribution in [0.4, 0.5) is 0 Å². The molecule has 0 spiro atoms. The molecule has 0 fully saturated rings. The van der Waals surface area contributed by atoms with Crippen LogP contribution in [0.25, 0.3) is 0 Å². The van der Waals surface area contributed by atoms with Crippen molar-refractivity contribution in [2.24, 2.45) is 0 Å². The Morgan fingerprint density at radius 1 is 0.516 bits per heavy atom. The molecule has 0 heterocycles. The minimum atomic E-state index is -0.0764. The molecule has 0 aromatic heterocycles. The van der Waals surface area contributed by atoms with Crippen molar-refractivity contribution < 1.29 is 24.0 Å². The van der Waals surface area contributed by atoms with E-state index in [1.807, 2.05) is 20.4 Å². The van der Waals surface area contributed by atoms with Crippen LogP contribution in [-0.2, 0) is 24.0 Å². The van der Waals surface area contributed by atoms with E-state index in [-0.39, 0.29) is 30.4 Å². The number of carbonyl (C=O) groups is 3. The molecule has 0 aliphatic heterocycles. The summed E-state index contributed by atoms with van der Waals surface area (Å²) in [5.41, 5.74) is 3.09. The molecule has 0 bridgehead atoms. The molecule has 0 aromatic carbocycles. The van der Waals surface area contributed by atoms with E-state index in [0.29, 0.717) is 39.1 Å². The second-order valence-electron chi connectivity index (χ2n) is 16.1. The molecule has 368 valence electrons. The second kappa shape index (κ2) is 47.0. The van der Waals surface area contributed by atoms with E-state index in [4.69, 9.17) is 9.57 Å². The number of unbranched alkanes of at least 4 members (excludes halogenated alkanes) is 4. The van der Waals surface area contributed by atoms with Crippen molar-refractivity contribution in [2.75, 3.05) is 171 Å². The summed E-state index contributed by atoms with van der Waals surface area (Å²) in [5.74, 6) is 2.65. The predicted octanol–water partition coefficient (Wildman–Crippen LogP) is 3.87. The van der Waals surface area contributed by atoms with Gasteiger partial charge in [0, 0.05) is 69.4 Å². The highest BCUT2D eigenvalue weighted by Gasteiger charge is 2.16.